The van der Waals surface area contributed by atoms with Gasteiger partial charge in [0.25, 0.3) is 0 Å². The summed E-state index contributed by atoms with van der Waals surface area (Å²) in [7, 11) is 0. The van der Waals surface area contributed by atoms with Crippen LogP contribution in [0.5, 0.6) is 5.75 Å². The van der Waals surface area contributed by atoms with Gasteiger partial charge in [-0.05, 0) is 13.0 Å². The van der Waals surface area contributed by atoms with Gasteiger partial charge in [0.1, 0.15) is 23.7 Å². The molecule has 1 aromatic carbocycles. The second-order valence-corrected chi connectivity index (χ2v) is 5.39. The molecule has 0 spiro atoms. The summed E-state index contributed by atoms with van der Waals surface area (Å²) >= 11 is 0. The Morgan fingerprint density at radius 2 is 2.27 bits per heavy atom. The Kier molecular flexibility index (Phi) is 4.11. The molecule has 0 radical (unpaired) electrons. The Balaban J connectivity index is 1.73. The van der Waals surface area contributed by atoms with E-state index in [1.807, 2.05) is 19.2 Å². The number of aryl methyl sites for hydroxylation is 1. The van der Waals surface area contributed by atoms with E-state index in [-0.39, 0.29) is 5.56 Å². The lowest BCUT2D eigenvalue weighted by Gasteiger charge is -2.19. The average molecular weight is 301 g/mol. The smallest absolute Gasteiger partial charge is 0.339 e. The maximum absolute atomic E-state index is 11.3. The van der Waals surface area contributed by atoms with Crippen molar-refractivity contribution >= 4 is 5.97 Å². The van der Waals surface area contributed by atoms with Gasteiger partial charge in [-0.1, -0.05) is 12.1 Å². The van der Waals surface area contributed by atoms with E-state index in [4.69, 9.17) is 4.74 Å². The minimum atomic E-state index is -0.945. The molecule has 2 aromatic rings. The van der Waals surface area contributed by atoms with Gasteiger partial charge < -0.3 is 14.4 Å². The topological polar surface area (TPSA) is 67.6 Å². The Labute approximate surface area is 129 Å². The Hall–Kier alpha value is -2.34. The summed E-state index contributed by atoms with van der Waals surface area (Å²) in [5.41, 5.74) is 1.17. The van der Waals surface area contributed by atoms with Crippen LogP contribution in [0, 0.1) is 6.92 Å². The zero-order chi connectivity index (χ0) is 15.5. The third-order valence-corrected chi connectivity index (χ3v) is 3.96. The highest BCUT2D eigenvalue weighted by Gasteiger charge is 2.20. The van der Waals surface area contributed by atoms with E-state index in [1.54, 1.807) is 18.3 Å². The highest BCUT2D eigenvalue weighted by atomic mass is 16.5. The number of carboxylic acid groups (broad SMARTS) is 1. The first-order valence-electron chi connectivity index (χ1n) is 7.33. The number of fused-ring (bicyclic) bond motifs is 1. The third-order valence-electron chi connectivity index (χ3n) is 3.96. The molecule has 0 bridgehead atoms. The summed E-state index contributed by atoms with van der Waals surface area (Å²) in [6.45, 7) is 5.70. The van der Waals surface area contributed by atoms with Gasteiger partial charge in [0.2, 0.25) is 0 Å². The fourth-order valence-electron chi connectivity index (χ4n) is 2.73. The minimum absolute atomic E-state index is 0.241. The average Bonchev–Trinajstić information content (AvgIpc) is 2.79. The van der Waals surface area contributed by atoms with Gasteiger partial charge >= 0.3 is 5.97 Å². The van der Waals surface area contributed by atoms with Gasteiger partial charge in [0, 0.05) is 44.1 Å². The zero-order valence-electron chi connectivity index (χ0n) is 12.5. The van der Waals surface area contributed by atoms with Crippen molar-refractivity contribution in [3.05, 3.63) is 47.5 Å². The lowest BCUT2D eigenvalue weighted by atomic mass is 10.1. The molecule has 6 heteroatoms. The Morgan fingerprint density at radius 1 is 1.41 bits per heavy atom. The second kappa shape index (κ2) is 6.19. The normalized spacial score (nSPS) is 15.0. The molecule has 0 aliphatic carbocycles. The van der Waals surface area contributed by atoms with Crippen molar-refractivity contribution < 1.29 is 14.6 Å². The monoisotopic (exact) mass is 301 g/mol. The van der Waals surface area contributed by atoms with Crippen molar-refractivity contribution in [2.75, 3.05) is 19.7 Å². The molecule has 0 atom stereocenters. The molecule has 0 fully saturated rings. The van der Waals surface area contributed by atoms with Crippen molar-refractivity contribution in [1.29, 1.82) is 0 Å². The van der Waals surface area contributed by atoms with Crippen LogP contribution in [-0.2, 0) is 13.1 Å². The number of imidazole rings is 1. The summed E-state index contributed by atoms with van der Waals surface area (Å²) in [5.74, 6) is 0.565. The molecule has 1 aliphatic rings. The van der Waals surface area contributed by atoms with E-state index < -0.39 is 5.97 Å². The van der Waals surface area contributed by atoms with E-state index in [9.17, 15) is 9.90 Å². The standard InChI is InChI=1S/C16H19N3O3/c1-12-17-5-6-19(12)8-7-18-9-10-22-15-13(11-18)3-2-4-14(15)16(20)21/h2-6H,7-11H2,1H3,(H,20,21). The number of nitrogens with zero attached hydrogens (tertiary/aromatic N) is 3. The molecule has 0 saturated heterocycles. The second-order valence-electron chi connectivity index (χ2n) is 5.39. The first-order chi connectivity index (χ1) is 10.6. The van der Waals surface area contributed by atoms with Crippen LogP contribution < -0.4 is 4.74 Å². The number of aromatic nitrogens is 2. The Morgan fingerprint density at radius 3 is 3.00 bits per heavy atom. The van der Waals surface area contributed by atoms with Gasteiger partial charge in [0.15, 0.2) is 0 Å². The number of aromatic carboxylic acids is 1. The van der Waals surface area contributed by atoms with E-state index in [2.05, 4.69) is 14.5 Å². The third kappa shape index (κ3) is 2.96. The Bertz CT molecular complexity index is 681. The molecule has 22 heavy (non-hydrogen) atoms. The molecule has 1 aliphatic heterocycles. The van der Waals surface area contributed by atoms with Crippen LogP contribution in [0.4, 0.5) is 0 Å². The summed E-state index contributed by atoms with van der Waals surface area (Å²) in [6, 6.07) is 5.30. The fourth-order valence-corrected chi connectivity index (χ4v) is 2.73. The summed E-state index contributed by atoms with van der Waals surface area (Å²) in [5, 5.41) is 9.25. The van der Waals surface area contributed by atoms with Crippen molar-refractivity contribution in [1.82, 2.24) is 14.5 Å². The molecule has 116 valence electrons. The summed E-state index contributed by atoms with van der Waals surface area (Å²) in [4.78, 5) is 17.8. The lowest BCUT2D eigenvalue weighted by Crippen LogP contribution is -2.29. The number of benzene rings is 1. The first-order valence-corrected chi connectivity index (χ1v) is 7.33. The van der Waals surface area contributed by atoms with Crippen LogP contribution in [0.2, 0.25) is 0 Å². The predicted molar refractivity (Wildman–Crippen MR) is 81.1 cm³/mol. The maximum Gasteiger partial charge on any atom is 0.339 e. The number of ether oxygens (including phenoxy) is 1. The van der Waals surface area contributed by atoms with E-state index in [0.29, 0.717) is 18.9 Å². The van der Waals surface area contributed by atoms with Crippen LogP contribution >= 0.6 is 0 Å². The highest BCUT2D eigenvalue weighted by Crippen LogP contribution is 2.27. The largest absolute Gasteiger partial charge is 0.491 e. The predicted octanol–water partition coefficient (Wildman–Crippen LogP) is 1.78. The molecular formula is C16H19N3O3. The number of para-hydroxylation sites is 1. The van der Waals surface area contributed by atoms with Gasteiger partial charge in [-0.15, -0.1) is 0 Å². The minimum Gasteiger partial charge on any atom is -0.491 e. The quantitative estimate of drug-likeness (QED) is 0.932. The van der Waals surface area contributed by atoms with Crippen LogP contribution in [0.3, 0.4) is 0 Å². The van der Waals surface area contributed by atoms with E-state index >= 15 is 0 Å². The van der Waals surface area contributed by atoms with Gasteiger partial charge in [-0.2, -0.15) is 0 Å². The lowest BCUT2D eigenvalue weighted by molar-refractivity contribution is 0.0692. The van der Waals surface area contributed by atoms with Crippen molar-refractivity contribution in [2.45, 2.75) is 20.0 Å². The molecule has 6 nitrogen and oxygen atoms in total. The highest BCUT2D eigenvalue weighted by molar-refractivity contribution is 5.91. The fraction of sp³-hybridized carbons (Fsp3) is 0.375. The summed E-state index contributed by atoms with van der Waals surface area (Å²) in [6.07, 6.45) is 3.77. The van der Waals surface area contributed by atoms with E-state index in [1.165, 1.54) is 0 Å². The molecular weight excluding hydrogens is 282 g/mol. The van der Waals surface area contributed by atoms with Crippen molar-refractivity contribution in [3.8, 4) is 5.75 Å². The van der Waals surface area contributed by atoms with Crippen LogP contribution in [0.1, 0.15) is 21.7 Å². The molecule has 2 heterocycles. The molecule has 0 unspecified atom stereocenters. The van der Waals surface area contributed by atoms with Gasteiger partial charge in [-0.25, -0.2) is 9.78 Å². The van der Waals surface area contributed by atoms with E-state index in [0.717, 1.165) is 31.0 Å². The SMILES string of the molecule is Cc1nccn1CCN1CCOc2c(cccc2C(=O)O)C1. The van der Waals surface area contributed by atoms with Crippen LogP contribution in [0.15, 0.2) is 30.6 Å². The molecule has 0 saturated carbocycles. The number of hydrogen-bond acceptors (Lipinski definition) is 4. The molecule has 0 amide bonds. The zero-order valence-corrected chi connectivity index (χ0v) is 12.5. The maximum atomic E-state index is 11.3. The van der Waals surface area contributed by atoms with Crippen molar-refractivity contribution in [3.63, 3.8) is 0 Å². The molecule has 3 rings (SSSR count). The van der Waals surface area contributed by atoms with Crippen LogP contribution in [0.25, 0.3) is 0 Å². The van der Waals surface area contributed by atoms with Gasteiger partial charge in [-0.3, -0.25) is 4.90 Å². The number of rotatable bonds is 4. The molecule has 1 aromatic heterocycles. The molecule has 1 N–H and O–H groups in total. The number of hydrogen-bond donors (Lipinski definition) is 1. The number of carbonyl (C=O) groups is 1. The van der Waals surface area contributed by atoms with Crippen molar-refractivity contribution in [2.24, 2.45) is 0 Å². The first kappa shape index (κ1) is 14.6. The number of carboxylic acids is 1. The summed E-state index contributed by atoms with van der Waals surface area (Å²) < 4.78 is 7.80. The van der Waals surface area contributed by atoms with Crippen LogP contribution in [-0.4, -0.2) is 45.2 Å². The van der Waals surface area contributed by atoms with Gasteiger partial charge in [0.05, 0.1) is 0 Å².